The summed E-state index contributed by atoms with van der Waals surface area (Å²) in [5.74, 6) is -0.161. The third-order valence-corrected chi connectivity index (χ3v) is 20.4. The Morgan fingerprint density at radius 2 is 1.41 bits per heavy atom. The van der Waals surface area contributed by atoms with Crippen LogP contribution in [0.15, 0.2) is 0 Å². The number of carbonyl (C=O) groups is 1. The van der Waals surface area contributed by atoms with Crippen molar-refractivity contribution in [1.29, 1.82) is 0 Å². The molecule has 0 N–H and O–H groups in total. The van der Waals surface area contributed by atoms with Gasteiger partial charge >= 0.3 is 5.97 Å². The number of ether oxygens (including phenoxy) is 1. The second-order valence-electron chi connectivity index (χ2n) is 12.6. The molecule has 2 rings (SSSR count). The van der Waals surface area contributed by atoms with Crippen molar-refractivity contribution in [1.82, 2.24) is 0 Å². The second-order valence-corrected chi connectivity index (χ2v) is 25.0. The summed E-state index contributed by atoms with van der Waals surface area (Å²) in [4.78, 5) is 11.3. The van der Waals surface area contributed by atoms with Gasteiger partial charge in [-0.3, -0.25) is 4.79 Å². The van der Waals surface area contributed by atoms with Crippen LogP contribution in [0.1, 0.15) is 74.1 Å². The summed E-state index contributed by atoms with van der Waals surface area (Å²) in [6.45, 7) is 25.5. The van der Waals surface area contributed by atoms with Crippen LogP contribution in [0.4, 0.5) is 0 Å². The molecule has 0 aromatic rings. The molecular formula is C24H48O4S2Si2. The SMILES string of the molecule is CC(=O)OC1CC[C@@H]([C@H]2CC[C@H]([C@@H](CO[Si](C)(C)C(C)(C)C)O[Si](C)(C)C(C)(C)C)S2)S1. The highest BCUT2D eigenvalue weighted by Gasteiger charge is 2.46. The molecule has 5 atom stereocenters. The fraction of sp³-hybridized carbons (Fsp3) is 0.958. The van der Waals surface area contributed by atoms with Gasteiger partial charge in [-0.25, -0.2) is 0 Å². The molecule has 0 amide bonds. The maximum Gasteiger partial charge on any atom is 0.303 e. The third kappa shape index (κ3) is 7.51. The Kier molecular flexibility index (Phi) is 9.57. The van der Waals surface area contributed by atoms with Gasteiger partial charge < -0.3 is 13.6 Å². The molecule has 2 aliphatic rings. The fourth-order valence-corrected chi connectivity index (χ4v) is 9.58. The van der Waals surface area contributed by atoms with Crippen molar-refractivity contribution in [2.75, 3.05) is 6.61 Å². The summed E-state index contributed by atoms with van der Waals surface area (Å²) in [6.07, 6.45) is 4.67. The minimum atomic E-state index is -1.90. The molecule has 0 radical (unpaired) electrons. The molecule has 2 fully saturated rings. The average Bonchev–Trinajstić information content (AvgIpc) is 3.25. The van der Waals surface area contributed by atoms with Gasteiger partial charge in [0.2, 0.25) is 0 Å². The van der Waals surface area contributed by atoms with E-state index in [4.69, 9.17) is 13.6 Å². The first kappa shape index (κ1) is 28.8. The molecule has 0 spiro atoms. The summed E-state index contributed by atoms with van der Waals surface area (Å²) in [7, 11) is -3.73. The number of carbonyl (C=O) groups excluding carboxylic acids is 1. The first-order chi connectivity index (χ1) is 14.4. The normalized spacial score (nSPS) is 28.7. The number of thioether (sulfide) groups is 2. The van der Waals surface area contributed by atoms with Crippen molar-refractivity contribution in [3.8, 4) is 0 Å². The van der Waals surface area contributed by atoms with E-state index in [1.165, 1.54) is 19.8 Å². The lowest BCUT2D eigenvalue weighted by atomic mass is 10.1. The predicted molar refractivity (Wildman–Crippen MR) is 146 cm³/mol. The largest absolute Gasteiger partial charge is 0.451 e. The molecule has 2 aliphatic heterocycles. The minimum Gasteiger partial charge on any atom is -0.451 e. The molecule has 0 bridgehead atoms. The lowest BCUT2D eigenvalue weighted by molar-refractivity contribution is -0.142. The van der Waals surface area contributed by atoms with Crippen molar-refractivity contribution < 1.29 is 18.4 Å². The highest BCUT2D eigenvalue weighted by molar-refractivity contribution is 8.04. The summed E-state index contributed by atoms with van der Waals surface area (Å²) >= 11 is 3.99. The van der Waals surface area contributed by atoms with Crippen LogP contribution >= 0.6 is 23.5 Å². The molecule has 8 heteroatoms. The molecule has 0 aromatic heterocycles. The molecule has 4 nitrogen and oxygen atoms in total. The van der Waals surface area contributed by atoms with Crippen molar-refractivity contribution >= 4 is 46.1 Å². The summed E-state index contributed by atoms with van der Waals surface area (Å²) in [5, 5.41) is 2.05. The van der Waals surface area contributed by atoms with Gasteiger partial charge in [0, 0.05) is 22.7 Å². The molecule has 32 heavy (non-hydrogen) atoms. The zero-order valence-corrected chi connectivity index (χ0v) is 26.0. The average molecular weight is 521 g/mol. The summed E-state index contributed by atoms with van der Waals surface area (Å²) in [6, 6.07) is 0. The van der Waals surface area contributed by atoms with Crippen LogP contribution in [0.5, 0.6) is 0 Å². The predicted octanol–water partition coefficient (Wildman–Crippen LogP) is 7.45. The Morgan fingerprint density at radius 1 is 0.875 bits per heavy atom. The lowest BCUT2D eigenvalue weighted by Crippen LogP contribution is -2.50. The monoisotopic (exact) mass is 520 g/mol. The molecule has 0 aliphatic carbocycles. The molecule has 188 valence electrons. The maximum atomic E-state index is 11.3. The zero-order chi connectivity index (χ0) is 24.5. The molecule has 0 aromatic carbocycles. The standard InChI is InChI=1S/C24H48O4S2Si2/c1-17(25)27-22-15-14-21(30-22)20-13-12-19(29-20)18(28-32(10,11)24(5,6)7)16-26-31(8,9)23(2,3)4/h18-22H,12-16H2,1-11H3/t18-,19-,20-,21+,22?/m1/s1. The van der Waals surface area contributed by atoms with Crippen LogP contribution in [0.2, 0.25) is 36.3 Å². The van der Waals surface area contributed by atoms with Crippen LogP contribution in [0.3, 0.4) is 0 Å². The lowest BCUT2D eigenvalue weighted by Gasteiger charge is -2.43. The number of rotatable bonds is 8. The van der Waals surface area contributed by atoms with Crippen LogP contribution in [-0.4, -0.2) is 56.5 Å². The quantitative estimate of drug-likeness (QED) is 0.245. The molecular weight excluding hydrogens is 473 g/mol. The van der Waals surface area contributed by atoms with Crippen LogP contribution in [0, 0.1) is 0 Å². The van der Waals surface area contributed by atoms with E-state index in [1.54, 1.807) is 0 Å². The summed E-state index contributed by atoms with van der Waals surface area (Å²) in [5.41, 5.74) is 0.0401. The zero-order valence-electron chi connectivity index (χ0n) is 22.4. The number of esters is 1. The fourth-order valence-electron chi connectivity index (χ4n) is 3.69. The van der Waals surface area contributed by atoms with Crippen LogP contribution in [-0.2, 0) is 18.4 Å². The Hall–Kier alpha value is 0.524. The first-order valence-corrected chi connectivity index (χ1v) is 19.9. The van der Waals surface area contributed by atoms with E-state index in [0.29, 0.717) is 22.4 Å². The van der Waals surface area contributed by atoms with Crippen LogP contribution in [0.25, 0.3) is 0 Å². The Morgan fingerprint density at radius 3 is 1.94 bits per heavy atom. The molecule has 1 unspecified atom stereocenters. The molecule has 2 saturated heterocycles. The van der Waals surface area contributed by atoms with E-state index in [0.717, 1.165) is 12.8 Å². The first-order valence-electron chi connectivity index (χ1n) is 12.2. The van der Waals surface area contributed by atoms with Crippen LogP contribution < -0.4 is 0 Å². The van der Waals surface area contributed by atoms with Gasteiger partial charge in [0.1, 0.15) is 5.44 Å². The smallest absolute Gasteiger partial charge is 0.303 e. The number of hydrogen-bond acceptors (Lipinski definition) is 6. The van der Waals surface area contributed by atoms with Gasteiger partial charge in [-0.2, -0.15) is 11.8 Å². The van der Waals surface area contributed by atoms with Crippen molar-refractivity contribution in [3.63, 3.8) is 0 Å². The van der Waals surface area contributed by atoms with Gasteiger partial charge in [0.15, 0.2) is 16.6 Å². The van der Waals surface area contributed by atoms with E-state index in [-0.39, 0.29) is 27.6 Å². The van der Waals surface area contributed by atoms with E-state index in [9.17, 15) is 4.79 Å². The van der Waals surface area contributed by atoms with Gasteiger partial charge in [0.05, 0.1) is 12.7 Å². The van der Waals surface area contributed by atoms with Crippen molar-refractivity contribution in [2.45, 2.75) is 138 Å². The van der Waals surface area contributed by atoms with E-state index < -0.39 is 16.6 Å². The van der Waals surface area contributed by atoms with E-state index in [1.807, 2.05) is 11.8 Å². The van der Waals surface area contributed by atoms with Gasteiger partial charge in [-0.1, -0.05) is 41.5 Å². The van der Waals surface area contributed by atoms with Crippen molar-refractivity contribution in [3.05, 3.63) is 0 Å². The highest BCUT2D eigenvalue weighted by Crippen LogP contribution is 2.49. The topological polar surface area (TPSA) is 44.8 Å². The van der Waals surface area contributed by atoms with Crippen molar-refractivity contribution in [2.24, 2.45) is 0 Å². The Labute approximate surface area is 208 Å². The third-order valence-electron chi connectivity index (χ3n) is 7.89. The van der Waals surface area contributed by atoms with Gasteiger partial charge in [0.25, 0.3) is 0 Å². The molecule has 2 heterocycles. The maximum absolute atomic E-state index is 11.3. The van der Waals surface area contributed by atoms with Gasteiger partial charge in [-0.05, 0) is 61.9 Å². The minimum absolute atomic E-state index is 0.0401. The second kappa shape index (κ2) is 10.6. The Bertz CT molecular complexity index is 643. The number of hydrogen-bond donors (Lipinski definition) is 0. The highest BCUT2D eigenvalue weighted by atomic mass is 32.2. The van der Waals surface area contributed by atoms with E-state index in [2.05, 4.69) is 79.5 Å². The van der Waals surface area contributed by atoms with Gasteiger partial charge in [-0.15, -0.1) is 11.8 Å². The molecule has 0 saturated carbocycles. The van der Waals surface area contributed by atoms with E-state index >= 15 is 0 Å². The Balaban J connectivity index is 2.08. The summed E-state index contributed by atoms with van der Waals surface area (Å²) < 4.78 is 19.2.